The van der Waals surface area contributed by atoms with Crippen LogP contribution in [0.2, 0.25) is 0 Å². The number of nitrogens with zero attached hydrogens (tertiary/aromatic N) is 1. The number of hydrazone groups is 1. The van der Waals surface area contributed by atoms with Crippen molar-refractivity contribution in [2.24, 2.45) is 16.8 Å². The smallest absolute Gasteiger partial charge is 0.240 e. The number of hydrogen-bond acceptors (Lipinski definition) is 4. The Morgan fingerprint density at radius 1 is 1.44 bits per heavy atom. The van der Waals surface area contributed by atoms with Crippen LogP contribution in [-0.2, 0) is 4.79 Å². The van der Waals surface area contributed by atoms with Gasteiger partial charge in [-0.15, -0.1) is 0 Å². The maximum atomic E-state index is 11.2. The Kier molecular flexibility index (Phi) is 3.94. The SMILES string of the molecule is CC1CC(=O)NN=C1c1ccc(NCCN)cc1. The molecule has 18 heavy (non-hydrogen) atoms. The number of carbonyl (C=O) groups is 1. The van der Waals surface area contributed by atoms with E-state index >= 15 is 0 Å². The number of benzene rings is 1. The van der Waals surface area contributed by atoms with Gasteiger partial charge in [-0.3, -0.25) is 4.79 Å². The van der Waals surface area contributed by atoms with Crippen molar-refractivity contribution in [3.8, 4) is 0 Å². The molecule has 1 unspecified atom stereocenters. The molecule has 0 aliphatic carbocycles. The molecular weight excluding hydrogens is 228 g/mol. The molecule has 0 aromatic heterocycles. The molecule has 1 aliphatic rings. The molecule has 0 spiro atoms. The van der Waals surface area contributed by atoms with Gasteiger partial charge < -0.3 is 11.1 Å². The number of hydrogen-bond donors (Lipinski definition) is 3. The van der Waals surface area contributed by atoms with Crippen LogP contribution in [0.1, 0.15) is 18.9 Å². The van der Waals surface area contributed by atoms with E-state index in [-0.39, 0.29) is 11.8 Å². The van der Waals surface area contributed by atoms with Crippen LogP contribution in [-0.4, -0.2) is 24.7 Å². The molecule has 1 amide bonds. The van der Waals surface area contributed by atoms with E-state index in [2.05, 4.69) is 15.8 Å². The van der Waals surface area contributed by atoms with Crippen LogP contribution < -0.4 is 16.5 Å². The third kappa shape index (κ3) is 2.87. The van der Waals surface area contributed by atoms with Crippen molar-refractivity contribution in [1.29, 1.82) is 0 Å². The molecule has 1 aromatic carbocycles. The Balaban J connectivity index is 2.12. The Labute approximate surface area is 106 Å². The lowest BCUT2D eigenvalue weighted by Gasteiger charge is -2.19. The summed E-state index contributed by atoms with van der Waals surface area (Å²) in [5, 5.41) is 7.34. The first kappa shape index (κ1) is 12.6. The van der Waals surface area contributed by atoms with Crippen LogP contribution in [0.15, 0.2) is 29.4 Å². The summed E-state index contributed by atoms with van der Waals surface area (Å²) in [4.78, 5) is 11.2. The van der Waals surface area contributed by atoms with Gasteiger partial charge in [0.1, 0.15) is 0 Å². The molecular formula is C13H18N4O. The molecule has 96 valence electrons. The Hall–Kier alpha value is -1.88. The van der Waals surface area contributed by atoms with Gasteiger partial charge in [-0.25, -0.2) is 5.43 Å². The predicted molar refractivity (Wildman–Crippen MR) is 72.4 cm³/mol. The van der Waals surface area contributed by atoms with Crippen LogP contribution in [0.25, 0.3) is 0 Å². The summed E-state index contributed by atoms with van der Waals surface area (Å²) in [5.74, 6) is 0.133. The second kappa shape index (κ2) is 5.64. The Morgan fingerprint density at radius 3 is 2.78 bits per heavy atom. The van der Waals surface area contributed by atoms with Crippen LogP contribution in [0.5, 0.6) is 0 Å². The van der Waals surface area contributed by atoms with E-state index in [9.17, 15) is 4.79 Å². The molecule has 0 saturated carbocycles. The second-order valence-electron chi connectivity index (χ2n) is 4.43. The van der Waals surface area contributed by atoms with Crippen LogP contribution >= 0.6 is 0 Å². The summed E-state index contributed by atoms with van der Waals surface area (Å²) >= 11 is 0. The van der Waals surface area contributed by atoms with Crippen molar-refractivity contribution in [2.75, 3.05) is 18.4 Å². The zero-order valence-corrected chi connectivity index (χ0v) is 10.4. The molecule has 2 rings (SSSR count). The normalized spacial score (nSPS) is 19.1. The first-order valence-electron chi connectivity index (χ1n) is 6.11. The van der Waals surface area contributed by atoms with E-state index in [0.29, 0.717) is 13.0 Å². The third-order valence-corrected chi connectivity index (χ3v) is 2.91. The molecule has 5 heteroatoms. The minimum Gasteiger partial charge on any atom is -0.384 e. The average Bonchev–Trinajstić information content (AvgIpc) is 2.37. The van der Waals surface area contributed by atoms with Crippen molar-refractivity contribution >= 4 is 17.3 Å². The number of carbonyl (C=O) groups excluding carboxylic acids is 1. The quantitative estimate of drug-likeness (QED) is 0.739. The molecule has 1 heterocycles. The first-order valence-corrected chi connectivity index (χ1v) is 6.11. The van der Waals surface area contributed by atoms with Gasteiger partial charge in [-0.2, -0.15) is 5.10 Å². The minimum absolute atomic E-state index is 0.0208. The minimum atomic E-state index is -0.0208. The number of rotatable bonds is 4. The van der Waals surface area contributed by atoms with E-state index in [1.807, 2.05) is 31.2 Å². The third-order valence-electron chi connectivity index (χ3n) is 2.91. The van der Waals surface area contributed by atoms with E-state index in [1.54, 1.807) is 0 Å². The van der Waals surface area contributed by atoms with Gasteiger partial charge in [0.2, 0.25) is 5.91 Å². The van der Waals surface area contributed by atoms with Gasteiger partial charge in [-0.05, 0) is 17.7 Å². The fourth-order valence-electron chi connectivity index (χ4n) is 1.98. The molecule has 0 bridgehead atoms. The highest BCUT2D eigenvalue weighted by molar-refractivity contribution is 6.05. The van der Waals surface area contributed by atoms with Crippen LogP contribution in [0.3, 0.4) is 0 Å². The molecule has 0 fully saturated rings. The summed E-state index contributed by atoms with van der Waals surface area (Å²) in [7, 11) is 0. The monoisotopic (exact) mass is 246 g/mol. The topological polar surface area (TPSA) is 79.5 Å². The average molecular weight is 246 g/mol. The van der Waals surface area contributed by atoms with E-state index < -0.39 is 0 Å². The maximum absolute atomic E-state index is 11.2. The highest BCUT2D eigenvalue weighted by Crippen LogP contribution is 2.18. The molecule has 4 N–H and O–H groups in total. The molecule has 1 atom stereocenters. The van der Waals surface area contributed by atoms with Gasteiger partial charge in [0.15, 0.2) is 0 Å². The molecule has 1 aliphatic heterocycles. The highest BCUT2D eigenvalue weighted by atomic mass is 16.2. The standard InChI is InChI=1S/C13H18N4O/c1-9-8-12(18)16-17-13(9)10-2-4-11(5-3-10)15-7-6-14/h2-5,9,15H,6-8,14H2,1H3,(H,16,18). The maximum Gasteiger partial charge on any atom is 0.240 e. The van der Waals surface area contributed by atoms with Gasteiger partial charge >= 0.3 is 0 Å². The Bertz CT molecular complexity index is 453. The Morgan fingerprint density at radius 2 is 2.17 bits per heavy atom. The molecule has 0 saturated heterocycles. The van der Waals surface area contributed by atoms with Crippen LogP contribution in [0, 0.1) is 5.92 Å². The van der Waals surface area contributed by atoms with Crippen molar-refractivity contribution < 1.29 is 4.79 Å². The predicted octanol–water partition coefficient (Wildman–Crippen LogP) is 0.917. The van der Waals surface area contributed by atoms with E-state index in [4.69, 9.17) is 5.73 Å². The second-order valence-corrected chi connectivity index (χ2v) is 4.43. The molecule has 0 radical (unpaired) electrons. The summed E-state index contributed by atoms with van der Waals surface area (Å²) in [6.45, 7) is 3.38. The van der Waals surface area contributed by atoms with Crippen LogP contribution in [0.4, 0.5) is 5.69 Å². The summed E-state index contributed by atoms with van der Waals surface area (Å²) in [6.07, 6.45) is 0.492. The summed E-state index contributed by atoms with van der Waals surface area (Å²) in [6, 6.07) is 8.00. The summed E-state index contributed by atoms with van der Waals surface area (Å²) < 4.78 is 0. The number of nitrogens with two attached hydrogens (primary N) is 1. The number of anilines is 1. The number of nitrogens with one attached hydrogen (secondary N) is 2. The number of amides is 1. The molecule has 5 nitrogen and oxygen atoms in total. The highest BCUT2D eigenvalue weighted by Gasteiger charge is 2.21. The lowest BCUT2D eigenvalue weighted by atomic mass is 9.94. The van der Waals surface area contributed by atoms with Gasteiger partial charge in [0.25, 0.3) is 0 Å². The fraction of sp³-hybridized carbons (Fsp3) is 0.385. The van der Waals surface area contributed by atoms with Gasteiger partial charge in [0, 0.05) is 31.1 Å². The van der Waals surface area contributed by atoms with Crippen molar-refractivity contribution in [3.05, 3.63) is 29.8 Å². The summed E-state index contributed by atoms with van der Waals surface area (Å²) in [5.41, 5.74) is 11.0. The van der Waals surface area contributed by atoms with Gasteiger partial charge in [-0.1, -0.05) is 19.1 Å². The first-order chi connectivity index (χ1) is 8.70. The zero-order chi connectivity index (χ0) is 13.0. The van der Waals surface area contributed by atoms with E-state index in [1.165, 1.54) is 0 Å². The van der Waals surface area contributed by atoms with E-state index in [0.717, 1.165) is 23.5 Å². The fourth-order valence-corrected chi connectivity index (χ4v) is 1.98. The molecule has 1 aromatic rings. The largest absolute Gasteiger partial charge is 0.384 e. The van der Waals surface area contributed by atoms with Gasteiger partial charge in [0.05, 0.1) is 5.71 Å². The lowest BCUT2D eigenvalue weighted by molar-refractivity contribution is -0.121. The zero-order valence-electron chi connectivity index (χ0n) is 10.4. The van der Waals surface area contributed by atoms with Crippen molar-refractivity contribution in [3.63, 3.8) is 0 Å². The van der Waals surface area contributed by atoms with Crippen molar-refractivity contribution in [1.82, 2.24) is 5.43 Å². The van der Waals surface area contributed by atoms with Crippen molar-refractivity contribution in [2.45, 2.75) is 13.3 Å². The lowest BCUT2D eigenvalue weighted by Crippen LogP contribution is -2.31.